The van der Waals surface area contributed by atoms with Gasteiger partial charge in [-0.2, -0.15) is 0 Å². The van der Waals surface area contributed by atoms with Crippen LogP contribution < -0.4 is 5.32 Å². The van der Waals surface area contributed by atoms with Gasteiger partial charge in [-0.05, 0) is 24.3 Å². The zero-order valence-corrected chi connectivity index (χ0v) is 15.0. The number of urea groups is 1. The Morgan fingerprint density at radius 1 is 1.12 bits per heavy atom. The number of nitrogens with zero attached hydrogens (tertiary/aromatic N) is 2. The first-order valence-electron chi connectivity index (χ1n) is 8.04. The SMILES string of the molecule is O=C(Nc1ccc(Cl)cc1)N1CCc2nc(-c3ccccc3)sc2C1. The second-order valence-electron chi connectivity index (χ2n) is 5.86. The number of aromatic nitrogens is 1. The molecule has 4 nitrogen and oxygen atoms in total. The Hall–Kier alpha value is -2.37. The van der Waals surface area contributed by atoms with Crippen molar-refractivity contribution in [1.29, 1.82) is 0 Å². The number of hydrogen-bond donors (Lipinski definition) is 1. The van der Waals surface area contributed by atoms with Gasteiger partial charge < -0.3 is 10.2 Å². The third kappa shape index (κ3) is 3.52. The van der Waals surface area contributed by atoms with Crippen LogP contribution >= 0.6 is 22.9 Å². The first kappa shape index (κ1) is 16.1. The summed E-state index contributed by atoms with van der Waals surface area (Å²) < 4.78 is 0. The minimum atomic E-state index is -0.0948. The van der Waals surface area contributed by atoms with Crippen LogP contribution in [0.15, 0.2) is 54.6 Å². The number of amides is 2. The van der Waals surface area contributed by atoms with Crippen molar-refractivity contribution in [3.63, 3.8) is 0 Å². The lowest BCUT2D eigenvalue weighted by molar-refractivity contribution is 0.207. The van der Waals surface area contributed by atoms with E-state index in [1.54, 1.807) is 35.6 Å². The molecule has 0 saturated carbocycles. The molecule has 0 bridgehead atoms. The lowest BCUT2D eigenvalue weighted by Crippen LogP contribution is -2.38. The number of benzene rings is 2. The van der Waals surface area contributed by atoms with Crippen LogP contribution in [-0.2, 0) is 13.0 Å². The van der Waals surface area contributed by atoms with E-state index in [0.717, 1.165) is 33.3 Å². The number of nitrogens with one attached hydrogen (secondary N) is 1. The number of carbonyl (C=O) groups excluding carboxylic acids is 1. The molecule has 1 N–H and O–H groups in total. The van der Waals surface area contributed by atoms with Crippen molar-refractivity contribution in [2.75, 3.05) is 11.9 Å². The number of anilines is 1. The van der Waals surface area contributed by atoms with Crippen molar-refractivity contribution in [1.82, 2.24) is 9.88 Å². The molecule has 25 heavy (non-hydrogen) atoms. The van der Waals surface area contributed by atoms with Gasteiger partial charge in [-0.3, -0.25) is 0 Å². The summed E-state index contributed by atoms with van der Waals surface area (Å²) in [6.45, 7) is 1.27. The first-order valence-corrected chi connectivity index (χ1v) is 9.24. The van der Waals surface area contributed by atoms with E-state index in [9.17, 15) is 4.79 Å². The Balaban J connectivity index is 1.48. The van der Waals surface area contributed by atoms with E-state index in [-0.39, 0.29) is 6.03 Å². The molecule has 1 aliphatic rings. The van der Waals surface area contributed by atoms with Crippen LogP contribution in [0.5, 0.6) is 0 Å². The van der Waals surface area contributed by atoms with Crippen molar-refractivity contribution >= 4 is 34.7 Å². The smallest absolute Gasteiger partial charge is 0.319 e. The van der Waals surface area contributed by atoms with Crippen LogP contribution in [0, 0.1) is 0 Å². The van der Waals surface area contributed by atoms with E-state index in [2.05, 4.69) is 17.4 Å². The third-order valence-electron chi connectivity index (χ3n) is 4.13. The lowest BCUT2D eigenvalue weighted by atomic mass is 10.2. The van der Waals surface area contributed by atoms with Gasteiger partial charge in [-0.1, -0.05) is 41.9 Å². The molecule has 2 aromatic carbocycles. The van der Waals surface area contributed by atoms with Crippen LogP contribution in [0.2, 0.25) is 5.02 Å². The molecule has 1 aliphatic heterocycles. The molecule has 2 heterocycles. The van der Waals surface area contributed by atoms with E-state index in [1.165, 1.54) is 0 Å². The largest absolute Gasteiger partial charge is 0.322 e. The van der Waals surface area contributed by atoms with Gasteiger partial charge in [-0.25, -0.2) is 9.78 Å². The predicted molar refractivity (Wildman–Crippen MR) is 102 cm³/mol. The highest BCUT2D eigenvalue weighted by Gasteiger charge is 2.24. The molecule has 3 aromatic rings. The molecule has 6 heteroatoms. The fourth-order valence-electron chi connectivity index (χ4n) is 2.81. The van der Waals surface area contributed by atoms with Crippen LogP contribution in [-0.4, -0.2) is 22.5 Å². The monoisotopic (exact) mass is 369 g/mol. The molecule has 1 aromatic heterocycles. The van der Waals surface area contributed by atoms with E-state index < -0.39 is 0 Å². The Morgan fingerprint density at radius 2 is 1.88 bits per heavy atom. The minimum Gasteiger partial charge on any atom is -0.319 e. The second-order valence-corrected chi connectivity index (χ2v) is 7.38. The molecular formula is C19H16ClN3OS. The van der Waals surface area contributed by atoms with E-state index >= 15 is 0 Å². The molecule has 0 saturated heterocycles. The van der Waals surface area contributed by atoms with Crippen LogP contribution in [0.4, 0.5) is 10.5 Å². The molecule has 0 radical (unpaired) electrons. The Morgan fingerprint density at radius 3 is 2.64 bits per heavy atom. The van der Waals surface area contributed by atoms with E-state index in [4.69, 9.17) is 16.6 Å². The molecule has 0 unspecified atom stereocenters. The highest BCUT2D eigenvalue weighted by atomic mass is 35.5. The minimum absolute atomic E-state index is 0.0948. The summed E-state index contributed by atoms with van der Waals surface area (Å²) >= 11 is 7.54. The van der Waals surface area contributed by atoms with Gasteiger partial charge in [0.05, 0.1) is 12.2 Å². The highest BCUT2D eigenvalue weighted by Crippen LogP contribution is 2.31. The fourth-order valence-corrected chi connectivity index (χ4v) is 4.06. The number of halogens is 1. The summed E-state index contributed by atoms with van der Waals surface area (Å²) in [6, 6.07) is 17.2. The van der Waals surface area contributed by atoms with Gasteiger partial charge in [0.1, 0.15) is 5.01 Å². The number of carbonyl (C=O) groups is 1. The van der Waals surface area contributed by atoms with Gasteiger partial charge in [0.15, 0.2) is 0 Å². The van der Waals surface area contributed by atoms with Crippen molar-refractivity contribution < 1.29 is 4.79 Å². The van der Waals surface area contributed by atoms with Crippen molar-refractivity contribution in [2.24, 2.45) is 0 Å². The second kappa shape index (κ2) is 6.86. The summed E-state index contributed by atoms with van der Waals surface area (Å²) in [5.74, 6) is 0. The molecule has 0 spiro atoms. The predicted octanol–water partition coefficient (Wildman–Crippen LogP) is 5.05. The quantitative estimate of drug-likeness (QED) is 0.686. The molecule has 0 aliphatic carbocycles. The van der Waals surface area contributed by atoms with Crippen molar-refractivity contribution in [2.45, 2.75) is 13.0 Å². The maximum atomic E-state index is 12.5. The summed E-state index contributed by atoms with van der Waals surface area (Å²) in [7, 11) is 0. The summed E-state index contributed by atoms with van der Waals surface area (Å²) in [4.78, 5) is 20.2. The van der Waals surface area contributed by atoms with Crippen LogP contribution in [0.25, 0.3) is 10.6 Å². The normalized spacial score (nSPS) is 13.4. The Kier molecular flexibility index (Phi) is 4.42. The van der Waals surface area contributed by atoms with Gasteiger partial charge in [-0.15, -0.1) is 11.3 Å². The number of hydrogen-bond acceptors (Lipinski definition) is 3. The van der Waals surface area contributed by atoms with Crippen LogP contribution in [0.1, 0.15) is 10.6 Å². The average molecular weight is 370 g/mol. The fraction of sp³-hybridized carbons (Fsp3) is 0.158. The molecule has 4 rings (SSSR count). The number of thiazole rings is 1. The van der Waals surface area contributed by atoms with Gasteiger partial charge in [0.25, 0.3) is 0 Å². The first-order chi connectivity index (χ1) is 12.2. The zero-order valence-electron chi connectivity index (χ0n) is 13.4. The maximum absolute atomic E-state index is 12.5. The third-order valence-corrected chi connectivity index (χ3v) is 5.52. The maximum Gasteiger partial charge on any atom is 0.322 e. The molecule has 0 atom stereocenters. The van der Waals surface area contributed by atoms with Gasteiger partial charge >= 0.3 is 6.03 Å². The Bertz CT molecular complexity index is 893. The van der Waals surface area contributed by atoms with Gasteiger partial charge in [0.2, 0.25) is 0 Å². The summed E-state index contributed by atoms with van der Waals surface area (Å²) in [5.41, 5.74) is 2.98. The van der Waals surface area contributed by atoms with Gasteiger partial charge in [0, 0.05) is 34.1 Å². The molecule has 0 fully saturated rings. The van der Waals surface area contributed by atoms with Crippen molar-refractivity contribution in [3.8, 4) is 10.6 Å². The summed E-state index contributed by atoms with van der Waals surface area (Å²) in [5, 5.41) is 4.59. The Labute approximate surface area is 155 Å². The molecular weight excluding hydrogens is 354 g/mol. The van der Waals surface area contributed by atoms with Crippen molar-refractivity contribution in [3.05, 3.63) is 70.2 Å². The van der Waals surface area contributed by atoms with Crippen LogP contribution in [0.3, 0.4) is 0 Å². The summed E-state index contributed by atoms with van der Waals surface area (Å²) in [6.07, 6.45) is 0.784. The molecule has 2 amide bonds. The number of rotatable bonds is 2. The molecule has 126 valence electrons. The lowest BCUT2D eigenvalue weighted by Gasteiger charge is -2.26. The average Bonchev–Trinajstić information content (AvgIpc) is 3.07. The standard InChI is InChI=1S/C19H16ClN3OS/c20-14-6-8-15(9-7-14)21-19(24)23-11-10-16-17(12-23)25-18(22-16)13-4-2-1-3-5-13/h1-9H,10-12H2,(H,21,24). The zero-order chi connectivity index (χ0) is 17.2. The highest BCUT2D eigenvalue weighted by molar-refractivity contribution is 7.15. The number of fused-ring (bicyclic) bond motifs is 1. The van der Waals surface area contributed by atoms with E-state index in [0.29, 0.717) is 18.1 Å². The van der Waals surface area contributed by atoms with E-state index in [1.807, 2.05) is 23.1 Å². The topological polar surface area (TPSA) is 45.2 Å².